The molecule has 0 spiro atoms. The molecule has 1 aromatic carbocycles. The molecule has 2 N–H and O–H groups in total. The minimum Gasteiger partial charge on any atom is -0.606 e. The molecule has 2 unspecified atom stereocenters. The lowest BCUT2D eigenvalue weighted by Crippen LogP contribution is -3.03. The highest BCUT2D eigenvalue weighted by molar-refractivity contribution is 6.02. The van der Waals surface area contributed by atoms with Crippen LogP contribution in [0.5, 0.6) is 5.75 Å². The van der Waals surface area contributed by atoms with E-state index in [1.807, 2.05) is 24.3 Å². The molecule has 0 bridgehead atoms. The first-order chi connectivity index (χ1) is 9.74. The Kier molecular flexibility index (Phi) is 5.49. The molecule has 0 aliphatic carbocycles. The van der Waals surface area contributed by atoms with Gasteiger partial charge in [-0.3, -0.25) is 0 Å². The van der Waals surface area contributed by atoms with Gasteiger partial charge in [0.25, 0.3) is 0 Å². The van der Waals surface area contributed by atoms with Gasteiger partial charge in [0.1, 0.15) is 24.6 Å². The van der Waals surface area contributed by atoms with Crippen LogP contribution in [-0.4, -0.2) is 44.3 Å². The van der Waals surface area contributed by atoms with Crippen molar-refractivity contribution in [2.24, 2.45) is 11.0 Å². The van der Waals surface area contributed by atoms with E-state index in [9.17, 15) is 10.3 Å². The van der Waals surface area contributed by atoms with Gasteiger partial charge in [-0.25, -0.2) is 5.17 Å². The van der Waals surface area contributed by atoms with E-state index in [0.29, 0.717) is 31.9 Å². The van der Waals surface area contributed by atoms with Crippen LogP contribution in [0.15, 0.2) is 29.4 Å². The lowest BCUT2D eigenvalue weighted by atomic mass is 9.93. The monoisotopic (exact) mass is 280 g/mol. The van der Waals surface area contributed by atoms with Gasteiger partial charge in [-0.1, -0.05) is 5.10 Å². The number of aliphatic hydroxyl groups excluding tert-OH is 1. The van der Waals surface area contributed by atoms with Gasteiger partial charge >= 0.3 is 0 Å². The quantitative estimate of drug-likeness (QED) is 0.559. The summed E-state index contributed by atoms with van der Waals surface area (Å²) in [6, 6.07) is 7.40. The van der Waals surface area contributed by atoms with Gasteiger partial charge in [0.2, 0.25) is 0 Å². The number of ether oxygens (including phenoxy) is 2. The Morgan fingerprint density at radius 1 is 1.35 bits per heavy atom. The third-order valence-electron chi connectivity index (χ3n) is 3.27. The zero-order valence-corrected chi connectivity index (χ0v) is 11.5. The summed E-state index contributed by atoms with van der Waals surface area (Å²) in [5.74, 6) is 0.682. The minimum absolute atomic E-state index is 0.0121. The fourth-order valence-electron chi connectivity index (χ4n) is 2.16. The molecule has 20 heavy (non-hydrogen) atoms. The Labute approximate surface area is 118 Å². The smallest absolute Gasteiger partial charge is 0.119 e. The maximum absolute atomic E-state index is 11.4. The predicted octanol–water partition coefficient (Wildman–Crippen LogP) is -0.189. The summed E-state index contributed by atoms with van der Waals surface area (Å²) < 4.78 is 10.4. The zero-order chi connectivity index (χ0) is 14.4. The van der Waals surface area contributed by atoms with Gasteiger partial charge in [-0.2, -0.15) is 0 Å². The van der Waals surface area contributed by atoms with Gasteiger partial charge in [-0.15, -0.1) is 0 Å². The van der Waals surface area contributed by atoms with E-state index < -0.39 is 0 Å². The van der Waals surface area contributed by atoms with Crippen LogP contribution in [-0.2, 0) is 4.74 Å². The maximum atomic E-state index is 11.4. The molecule has 0 fully saturated rings. The summed E-state index contributed by atoms with van der Waals surface area (Å²) in [4.78, 5) is 0. The van der Waals surface area contributed by atoms with Gasteiger partial charge in [0, 0.05) is 25.0 Å². The Morgan fingerprint density at radius 3 is 2.75 bits per heavy atom. The van der Waals surface area contributed by atoms with Crippen molar-refractivity contribution < 1.29 is 19.8 Å². The van der Waals surface area contributed by atoms with E-state index in [1.165, 1.54) is 0 Å². The number of aliphatic hydroxyl groups is 1. The Balaban J connectivity index is 2.08. The van der Waals surface area contributed by atoms with E-state index >= 15 is 0 Å². The van der Waals surface area contributed by atoms with Crippen LogP contribution in [0.2, 0.25) is 0 Å². The molecule has 0 amide bonds. The molecular formula is C14H20N2O4. The van der Waals surface area contributed by atoms with Crippen molar-refractivity contribution in [3.05, 3.63) is 35.0 Å². The first-order valence-corrected chi connectivity index (χ1v) is 6.69. The second-order valence-corrected chi connectivity index (χ2v) is 4.67. The van der Waals surface area contributed by atoms with E-state index in [4.69, 9.17) is 9.47 Å². The first kappa shape index (κ1) is 14.9. The predicted molar refractivity (Wildman–Crippen MR) is 74.7 cm³/mol. The summed E-state index contributed by atoms with van der Waals surface area (Å²) in [6.07, 6.45) is 0.653. The summed E-state index contributed by atoms with van der Waals surface area (Å²) in [5, 5.41) is 24.8. The lowest BCUT2D eigenvalue weighted by Gasteiger charge is -2.27. The summed E-state index contributed by atoms with van der Waals surface area (Å²) in [7, 11) is 1.62. The van der Waals surface area contributed by atoms with Crippen molar-refractivity contribution in [1.29, 1.82) is 0 Å². The van der Waals surface area contributed by atoms with Crippen molar-refractivity contribution >= 4 is 5.71 Å². The van der Waals surface area contributed by atoms with Crippen LogP contribution >= 0.6 is 0 Å². The van der Waals surface area contributed by atoms with Crippen molar-refractivity contribution in [3.8, 4) is 5.75 Å². The summed E-state index contributed by atoms with van der Waals surface area (Å²) in [5.41, 5.74) is 1.53. The van der Waals surface area contributed by atoms with Crippen LogP contribution in [0.1, 0.15) is 12.0 Å². The molecule has 1 aliphatic rings. The molecule has 6 heteroatoms. The number of hydrogen-bond donors (Lipinski definition) is 2. The third kappa shape index (κ3) is 3.77. The van der Waals surface area contributed by atoms with E-state index in [0.717, 1.165) is 11.3 Å². The second kappa shape index (κ2) is 7.35. The number of quaternary nitrogens is 1. The second-order valence-electron chi connectivity index (χ2n) is 4.67. The largest absolute Gasteiger partial charge is 0.606 e. The van der Waals surface area contributed by atoms with E-state index in [1.54, 1.807) is 7.11 Å². The zero-order valence-electron chi connectivity index (χ0n) is 11.5. The molecule has 1 heterocycles. The number of nitrogens with one attached hydrogen (secondary N) is 1. The lowest BCUT2D eigenvalue weighted by molar-refractivity contribution is -0.858. The fraction of sp³-hybridized carbons (Fsp3) is 0.500. The topological polar surface area (TPSA) is 78.5 Å². The van der Waals surface area contributed by atoms with Crippen molar-refractivity contribution in [1.82, 2.24) is 0 Å². The first-order valence-electron chi connectivity index (χ1n) is 6.69. The minimum atomic E-state index is -0.120. The Bertz CT molecular complexity index is 447. The Hall–Kier alpha value is -1.47. The molecular weight excluding hydrogens is 260 g/mol. The molecule has 0 saturated heterocycles. The highest BCUT2D eigenvalue weighted by Crippen LogP contribution is 2.18. The van der Waals surface area contributed by atoms with E-state index in [-0.39, 0.29) is 17.7 Å². The van der Waals surface area contributed by atoms with Gasteiger partial charge < -0.3 is 19.8 Å². The average molecular weight is 280 g/mol. The van der Waals surface area contributed by atoms with Crippen LogP contribution in [0.3, 0.4) is 0 Å². The maximum Gasteiger partial charge on any atom is 0.119 e. The standard InChI is InChI=1S/C14H20N2O4/c1-19-8-9-20-13-4-2-11(3-5-13)14-12(10-17)6-7-16(18)15-14/h2-5,12,16-17H,6-10H2,1H3. The van der Waals surface area contributed by atoms with Crippen LogP contribution < -0.4 is 9.91 Å². The molecule has 1 aliphatic heterocycles. The SMILES string of the molecule is COCCOc1ccc(C2=N[NH+]([O-])CCC2CO)cc1. The Morgan fingerprint density at radius 2 is 2.10 bits per heavy atom. The highest BCUT2D eigenvalue weighted by Gasteiger charge is 2.24. The molecule has 0 aromatic heterocycles. The summed E-state index contributed by atoms with van der Waals surface area (Å²) >= 11 is 0. The van der Waals surface area contributed by atoms with Crippen molar-refractivity contribution in [2.45, 2.75) is 6.42 Å². The van der Waals surface area contributed by atoms with Crippen LogP contribution in [0.4, 0.5) is 0 Å². The van der Waals surface area contributed by atoms with Crippen LogP contribution in [0, 0.1) is 11.1 Å². The van der Waals surface area contributed by atoms with Gasteiger partial charge in [-0.05, 0) is 24.3 Å². The van der Waals surface area contributed by atoms with E-state index in [2.05, 4.69) is 5.10 Å². The summed E-state index contributed by atoms with van der Waals surface area (Å²) in [6.45, 7) is 1.45. The van der Waals surface area contributed by atoms with Gasteiger partial charge in [0.15, 0.2) is 0 Å². The van der Waals surface area contributed by atoms with Crippen molar-refractivity contribution in [2.75, 3.05) is 33.5 Å². The molecule has 2 rings (SSSR count). The molecule has 0 saturated carbocycles. The number of hydrogen-bond acceptors (Lipinski definition) is 5. The molecule has 6 nitrogen and oxygen atoms in total. The molecule has 1 aromatic rings. The number of benzene rings is 1. The number of nitrogens with zero attached hydrogens (tertiary/aromatic N) is 1. The number of hydroxylamine groups is 1. The highest BCUT2D eigenvalue weighted by atomic mass is 16.5. The molecule has 0 radical (unpaired) electrons. The van der Waals surface area contributed by atoms with Crippen molar-refractivity contribution in [3.63, 3.8) is 0 Å². The van der Waals surface area contributed by atoms with Gasteiger partial charge in [0.05, 0.1) is 13.2 Å². The third-order valence-corrected chi connectivity index (χ3v) is 3.27. The molecule has 2 atom stereocenters. The molecule has 110 valence electrons. The normalized spacial score (nSPS) is 22.4. The fourth-order valence-corrected chi connectivity index (χ4v) is 2.16. The number of rotatable bonds is 6. The average Bonchev–Trinajstić information content (AvgIpc) is 2.48. The van der Waals surface area contributed by atoms with Crippen LogP contribution in [0.25, 0.3) is 0 Å². The number of methoxy groups -OCH3 is 1.